The number of amides is 1. The van der Waals surface area contributed by atoms with Gasteiger partial charge in [-0.25, -0.2) is 12.8 Å². The van der Waals surface area contributed by atoms with E-state index in [1.54, 1.807) is 24.0 Å². The standard InChI is InChI=1S/C20H24FN3O4S/c1-13-4-7-19(28-13)16-6-5-15(11-17(16)21)29(26,27)24-9-2-3-18(24)20(25)23-10-8-14(22)12-23/h4-7,11,14,18H,2-3,8-10,12,22H2,1H3/t14-,18+/m1/s1. The Morgan fingerprint density at radius 1 is 1.21 bits per heavy atom. The number of benzene rings is 1. The van der Waals surface area contributed by atoms with Crippen LogP contribution in [0.25, 0.3) is 11.3 Å². The van der Waals surface area contributed by atoms with Gasteiger partial charge in [0, 0.05) is 25.7 Å². The highest BCUT2D eigenvalue weighted by Gasteiger charge is 2.42. The van der Waals surface area contributed by atoms with Gasteiger partial charge in [0.1, 0.15) is 23.4 Å². The molecule has 1 aromatic carbocycles. The fourth-order valence-electron chi connectivity index (χ4n) is 4.04. The molecule has 0 spiro atoms. The molecule has 2 N–H and O–H groups in total. The van der Waals surface area contributed by atoms with E-state index in [2.05, 4.69) is 0 Å². The number of carbonyl (C=O) groups is 1. The summed E-state index contributed by atoms with van der Waals surface area (Å²) in [6.45, 7) is 2.96. The molecule has 0 saturated carbocycles. The highest BCUT2D eigenvalue weighted by atomic mass is 32.2. The zero-order valence-electron chi connectivity index (χ0n) is 16.2. The van der Waals surface area contributed by atoms with Crippen molar-refractivity contribution in [2.45, 2.75) is 43.2 Å². The molecule has 9 heteroatoms. The van der Waals surface area contributed by atoms with Crippen LogP contribution in [0.15, 0.2) is 39.6 Å². The zero-order chi connectivity index (χ0) is 20.8. The number of nitrogens with two attached hydrogens (primary N) is 1. The number of hydrogen-bond donors (Lipinski definition) is 1. The number of sulfonamides is 1. The molecule has 0 aliphatic carbocycles. The third-order valence-electron chi connectivity index (χ3n) is 5.58. The summed E-state index contributed by atoms with van der Waals surface area (Å²) in [5.41, 5.74) is 6.07. The molecule has 1 aromatic heterocycles. The van der Waals surface area contributed by atoms with Gasteiger partial charge in [-0.1, -0.05) is 0 Å². The van der Waals surface area contributed by atoms with Crippen molar-refractivity contribution in [2.24, 2.45) is 5.73 Å². The predicted molar refractivity (Wildman–Crippen MR) is 105 cm³/mol. The highest BCUT2D eigenvalue weighted by Crippen LogP contribution is 2.31. The van der Waals surface area contributed by atoms with Crippen molar-refractivity contribution in [3.05, 3.63) is 41.9 Å². The molecular weight excluding hydrogens is 397 g/mol. The van der Waals surface area contributed by atoms with Crippen molar-refractivity contribution in [2.75, 3.05) is 19.6 Å². The van der Waals surface area contributed by atoms with E-state index in [1.165, 1.54) is 16.4 Å². The van der Waals surface area contributed by atoms with Gasteiger partial charge < -0.3 is 15.1 Å². The number of likely N-dealkylation sites (tertiary alicyclic amines) is 1. The van der Waals surface area contributed by atoms with E-state index in [0.29, 0.717) is 43.9 Å². The molecular formula is C20H24FN3O4S. The molecule has 2 aromatic rings. The number of halogens is 1. The molecule has 4 rings (SSSR count). The Morgan fingerprint density at radius 2 is 2.00 bits per heavy atom. The summed E-state index contributed by atoms with van der Waals surface area (Å²) in [6.07, 6.45) is 1.75. The third-order valence-corrected chi connectivity index (χ3v) is 7.48. The lowest BCUT2D eigenvalue weighted by atomic mass is 10.1. The summed E-state index contributed by atoms with van der Waals surface area (Å²) in [7, 11) is -4.01. The first kappa shape index (κ1) is 20.1. The van der Waals surface area contributed by atoms with E-state index in [-0.39, 0.29) is 29.0 Å². The van der Waals surface area contributed by atoms with Crippen LogP contribution in [0.3, 0.4) is 0 Å². The normalized spacial score (nSPS) is 23.1. The van der Waals surface area contributed by atoms with Gasteiger partial charge >= 0.3 is 0 Å². The van der Waals surface area contributed by atoms with Crippen LogP contribution in [0.2, 0.25) is 0 Å². The van der Waals surface area contributed by atoms with Gasteiger partial charge in [-0.05, 0) is 56.5 Å². The lowest BCUT2D eigenvalue weighted by molar-refractivity contribution is -0.133. The SMILES string of the molecule is Cc1ccc(-c2ccc(S(=O)(=O)N3CCC[C@H]3C(=O)N3CC[C@@H](N)C3)cc2F)o1. The second kappa shape index (κ2) is 7.55. The maximum atomic E-state index is 14.7. The van der Waals surface area contributed by atoms with Crippen LogP contribution in [-0.4, -0.2) is 55.2 Å². The maximum Gasteiger partial charge on any atom is 0.243 e. The van der Waals surface area contributed by atoms with E-state index in [9.17, 15) is 17.6 Å². The van der Waals surface area contributed by atoms with Gasteiger partial charge in [-0.2, -0.15) is 4.31 Å². The average molecular weight is 421 g/mol. The molecule has 29 heavy (non-hydrogen) atoms. The quantitative estimate of drug-likeness (QED) is 0.816. The lowest BCUT2D eigenvalue weighted by Crippen LogP contribution is -2.47. The fraction of sp³-hybridized carbons (Fsp3) is 0.450. The van der Waals surface area contributed by atoms with Gasteiger partial charge in [0.2, 0.25) is 15.9 Å². The number of rotatable bonds is 4. The van der Waals surface area contributed by atoms with Crippen molar-refractivity contribution in [1.82, 2.24) is 9.21 Å². The molecule has 0 unspecified atom stereocenters. The molecule has 2 fully saturated rings. The summed E-state index contributed by atoms with van der Waals surface area (Å²) in [4.78, 5) is 14.3. The van der Waals surface area contributed by atoms with Gasteiger partial charge in [-0.3, -0.25) is 4.79 Å². The predicted octanol–water partition coefficient (Wildman–Crippen LogP) is 2.11. The van der Waals surface area contributed by atoms with Crippen LogP contribution >= 0.6 is 0 Å². The van der Waals surface area contributed by atoms with E-state index in [0.717, 1.165) is 6.07 Å². The molecule has 0 bridgehead atoms. The van der Waals surface area contributed by atoms with Crippen molar-refractivity contribution in [1.29, 1.82) is 0 Å². The Hall–Kier alpha value is -2.23. The molecule has 7 nitrogen and oxygen atoms in total. The van der Waals surface area contributed by atoms with Crippen molar-refractivity contribution in [3.63, 3.8) is 0 Å². The first-order chi connectivity index (χ1) is 13.8. The van der Waals surface area contributed by atoms with E-state index < -0.39 is 21.9 Å². The fourth-order valence-corrected chi connectivity index (χ4v) is 5.71. The Labute approximate surface area is 169 Å². The minimum absolute atomic E-state index is 0.0720. The number of furan rings is 1. The molecule has 1 amide bonds. The first-order valence-electron chi connectivity index (χ1n) is 9.70. The monoisotopic (exact) mass is 421 g/mol. The molecule has 2 saturated heterocycles. The Balaban J connectivity index is 1.60. The Kier molecular flexibility index (Phi) is 5.22. The largest absolute Gasteiger partial charge is 0.461 e. The van der Waals surface area contributed by atoms with Crippen LogP contribution < -0.4 is 5.73 Å². The zero-order valence-corrected chi connectivity index (χ0v) is 17.0. The van der Waals surface area contributed by atoms with E-state index >= 15 is 0 Å². The molecule has 2 aliphatic heterocycles. The van der Waals surface area contributed by atoms with E-state index in [4.69, 9.17) is 10.2 Å². The molecule has 0 radical (unpaired) electrons. The number of carbonyl (C=O) groups excluding carboxylic acids is 1. The summed E-state index contributed by atoms with van der Waals surface area (Å²) in [6, 6.07) is 6.26. The van der Waals surface area contributed by atoms with Crippen LogP contribution in [0.4, 0.5) is 4.39 Å². The van der Waals surface area contributed by atoms with Crippen molar-refractivity contribution >= 4 is 15.9 Å². The molecule has 3 heterocycles. The average Bonchev–Trinajstić information content (AvgIpc) is 3.42. The van der Waals surface area contributed by atoms with Gasteiger partial charge in [0.15, 0.2) is 0 Å². The second-order valence-corrected chi connectivity index (χ2v) is 9.55. The van der Waals surface area contributed by atoms with Gasteiger partial charge in [-0.15, -0.1) is 0 Å². The summed E-state index contributed by atoms with van der Waals surface area (Å²) >= 11 is 0. The van der Waals surface area contributed by atoms with Crippen LogP contribution in [0.1, 0.15) is 25.0 Å². The minimum atomic E-state index is -4.01. The molecule has 2 atom stereocenters. The minimum Gasteiger partial charge on any atom is -0.461 e. The van der Waals surface area contributed by atoms with Crippen LogP contribution in [0, 0.1) is 12.7 Å². The summed E-state index contributed by atoms with van der Waals surface area (Å²) in [5, 5.41) is 0. The van der Waals surface area contributed by atoms with E-state index in [1.807, 2.05) is 0 Å². The number of hydrogen-bond acceptors (Lipinski definition) is 5. The highest BCUT2D eigenvalue weighted by molar-refractivity contribution is 7.89. The molecule has 2 aliphatic rings. The smallest absolute Gasteiger partial charge is 0.243 e. The number of nitrogens with zero attached hydrogens (tertiary/aromatic N) is 2. The van der Waals surface area contributed by atoms with Crippen LogP contribution in [-0.2, 0) is 14.8 Å². The Bertz CT molecular complexity index is 1040. The summed E-state index contributed by atoms with van der Waals surface area (Å²) in [5.74, 6) is 0.0647. The Morgan fingerprint density at radius 3 is 2.62 bits per heavy atom. The maximum absolute atomic E-state index is 14.7. The van der Waals surface area contributed by atoms with Crippen molar-refractivity contribution < 1.29 is 22.0 Å². The first-order valence-corrected chi connectivity index (χ1v) is 11.1. The number of aryl methyl sites for hydroxylation is 1. The summed E-state index contributed by atoms with van der Waals surface area (Å²) < 4.78 is 47.6. The van der Waals surface area contributed by atoms with Crippen LogP contribution in [0.5, 0.6) is 0 Å². The van der Waals surface area contributed by atoms with Crippen molar-refractivity contribution in [3.8, 4) is 11.3 Å². The lowest BCUT2D eigenvalue weighted by Gasteiger charge is -2.27. The third kappa shape index (κ3) is 3.70. The second-order valence-electron chi connectivity index (χ2n) is 7.66. The van der Waals surface area contributed by atoms with Gasteiger partial charge in [0.05, 0.1) is 10.5 Å². The van der Waals surface area contributed by atoms with Gasteiger partial charge in [0.25, 0.3) is 0 Å². The topological polar surface area (TPSA) is 96.9 Å². The molecule has 156 valence electrons.